The van der Waals surface area contributed by atoms with Crippen LogP contribution in [0.4, 0.5) is 0 Å². The van der Waals surface area contributed by atoms with Crippen molar-refractivity contribution < 1.29 is 29.6 Å². The largest absolute Gasteiger partial charge is 0.480 e. The molecule has 0 fully saturated rings. The fourth-order valence-corrected chi connectivity index (χ4v) is 0.407. The molecule has 2 N–H and O–H groups in total. The van der Waals surface area contributed by atoms with Gasteiger partial charge in [-0.2, -0.15) is 5.26 Å². The van der Waals surface area contributed by atoms with Crippen molar-refractivity contribution >= 4 is 11.9 Å². The summed E-state index contributed by atoms with van der Waals surface area (Å²) >= 11 is 0. The first-order valence-electron chi connectivity index (χ1n) is 3.53. The van der Waals surface area contributed by atoms with Crippen molar-refractivity contribution in [2.24, 2.45) is 0 Å². The molecule has 6 heteroatoms. The number of carbonyl (C=O) groups excluding carboxylic acids is 2. The third-order valence-electron chi connectivity index (χ3n) is 1.25. The number of aliphatic hydroxyl groups is 1. The molecule has 0 saturated heterocycles. The van der Waals surface area contributed by atoms with Crippen molar-refractivity contribution in [3.63, 3.8) is 0 Å². The highest BCUT2D eigenvalue weighted by molar-refractivity contribution is 5.90. The molecule has 14 heavy (non-hydrogen) atoms. The first-order valence-corrected chi connectivity index (χ1v) is 3.53. The summed E-state index contributed by atoms with van der Waals surface area (Å²) in [5.74, 6) is -3.03. The van der Waals surface area contributed by atoms with Crippen LogP contribution in [0.2, 0.25) is 0 Å². The molecule has 0 aliphatic rings. The standard InChI is InChI=1S/C8H10O6/c1-4(2)6(9)13-7(10)5(3)8(11)14-12/h10,12H,1H2,2-3H3/b7-5-. The lowest BCUT2D eigenvalue weighted by Gasteiger charge is -2.03. The van der Waals surface area contributed by atoms with Crippen LogP contribution in [0.3, 0.4) is 0 Å². The molecule has 0 unspecified atom stereocenters. The average molecular weight is 202 g/mol. The van der Waals surface area contributed by atoms with Crippen LogP contribution in [0.15, 0.2) is 23.7 Å². The molecule has 0 aromatic heterocycles. The van der Waals surface area contributed by atoms with Gasteiger partial charge in [-0.1, -0.05) is 6.58 Å². The predicted molar refractivity (Wildman–Crippen MR) is 45.0 cm³/mol. The summed E-state index contributed by atoms with van der Waals surface area (Å²) in [5.41, 5.74) is -0.371. The van der Waals surface area contributed by atoms with E-state index in [1.165, 1.54) is 6.92 Å². The molecular weight excluding hydrogens is 192 g/mol. The number of carbonyl (C=O) groups is 2. The van der Waals surface area contributed by atoms with E-state index in [2.05, 4.69) is 16.2 Å². The van der Waals surface area contributed by atoms with Crippen molar-refractivity contribution in [2.75, 3.05) is 0 Å². The molecule has 0 aliphatic heterocycles. The van der Waals surface area contributed by atoms with Crippen LogP contribution < -0.4 is 0 Å². The molecule has 0 spiro atoms. The molecule has 0 radical (unpaired) electrons. The summed E-state index contributed by atoms with van der Waals surface area (Å²) in [4.78, 5) is 24.7. The Bertz CT molecular complexity index is 301. The van der Waals surface area contributed by atoms with Crippen LogP contribution in [0.1, 0.15) is 13.8 Å². The second-order valence-corrected chi connectivity index (χ2v) is 2.48. The van der Waals surface area contributed by atoms with Gasteiger partial charge in [0.25, 0.3) is 5.95 Å². The maximum atomic E-state index is 10.8. The van der Waals surface area contributed by atoms with Crippen molar-refractivity contribution in [3.05, 3.63) is 23.7 Å². The van der Waals surface area contributed by atoms with Gasteiger partial charge in [0.2, 0.25) is 0 Å². The summed E-state index contributed by atoms with van der Waals surface area (Å²) in [7, 11) is 0. The van der Waals surface area contributed by atoms with Crippen LogP contribution in [-0.4, -0.2) is 22.3 Å². The first kappa shape index (κ1) is 12.2. The Morgan fingerprint density at radius 3 is 2.07 bits per heavy atom. The monoisotopic (exact) mass is 202 g/mol. The number of rotatable bonds is 3. The maximum Gasteiger partial charge on any atom is 0.375 e. The molecular formula is C8H10O6. The number of ether oxygens (including phenoxy) is 1. The Balaban J connectivity index is 4.61. The zero-order valence-corrected chi connectivity index (χ0v) is 7.73. The molecule has 0 saturated carbocycles. The van der Waals surface area contributed by atoms with Gasteiger partial charge in [-0.25, -0.2) is 9.59 Å². The van der Waals surface area contributed by atoms with Gasteiger partial charge in [-0.05, 0) is 13.8 Å². The maximum absolute atomic E-state index is 10.8. The van der Waals surface area contributed by atoms with Gasteiger partial charge in [0.1, 0.15) is 5.57 Å². The second kappa shape index (κ2) is 5.03. The minimum Gasteiger partial charge on any atom is -0.480 e. The second-order valence-electron chi connectivity index (χ2n) is 2.48. The van der Waals surface area contributed by atoms with Gasteiger partial charge in [0, 0.05) is 5.57 Å². The lowest BCUT2D eigenvalue weighted by atomic mass is 10.3. The van der Waals surface area contributed by atoms with Gasteiger partial charge in [0.15, 0.2) is 0 Å². The smallest absolute Gasteiger partial charge is 0.375 e. The molecule has 0 amide bonds. The Morgan fingerprint density at radius 1 is 1.21 bits per heavy atom. The van der Waals surface area contributed by atoms with Crippen LogP contribution in [0.5, 0.6) is 0 Å². The van der Waals surface area contributed by atoms with Crippen LogP contribution >= 0.6 is 0 Å². The van der Waals surface area contributed by atoms with Crippen molar-refractivity contribution in [2.45, 2.75) is 13.8 Å². The molecule has 0 atom stereocenters. The van der Waals surface area contributed by atoms with E-state index in [1.54, 1.807) is 0 Å². The molecule has 0 heterocycles. The van der Waals surface area contributed by atoms with E-state index >= 15 is 0 Å². The number of esters is 1. The van der Waals surface area contributed by atoms with Gasteiger partial charge in [0.05, 0.1) is 0 Å². The Morgan fingerprint density at radius 2 is 1.71 bits per heavy atom. The predicted octanol–water partition coefficient (Wildman–Crippen LogP) is 0.911. The minimum atomic E-state index is -1.21. The SMILES string of the molecule is C=C(C)C(=O)O/C(O)=C(/C)C(=O)OO. The molecule has 0 bridgehead atoms. The minimum absolute atomic E-state index is 0.0571. The van der Waals surface area contributed by atoms with E-state index in [4.69, 9.17) is 10.4 Å². The zero-order valence-electron chi connectivity index (χ0n) is 7.73. The first-order chi connectivity index (χ1) is 6.40. The van der Waals surface area contributed by atoms with Gasteiger partial charge in [-0.3, -0.25) is 4.89 Å². The van der Waals surface area contributed by atoms with Crippen LogP contribution in [0.25, 0.3) is 0 Å². The van der Waals surface area contributed by atoms with E-state index in [0.29, 0.717) is 0 Å². The van der Waals surface area contributed by atoms with Crippen LogP contribution in [-0.2, 0) is 19.2 Å². The van der Waals surface area contributed by atoms with E-state index in [-0.39, 0.29) is 5.57 Å². The number of hydrogen-bond acceptors (Lipinski definition) is 6. The quantitative estimate of drug-likeness (QED) is 0.232. The molecule has 78 valence electrons. The molecule has 0 rings (SSSR count). The highest BCUT2D eigenvalue weighted by Gasteiger charge is 2.16. The van der Waals surface area contributed by atoms with Crippen molar-refractivity contribution in [1.29, 1.82) is 0 Å². The van der Waals surface area contributed by atoms with Crippen LogP contribution in [0, 0.1) is 0 Å². The number of aliphatic hydroxyl groups excluding tert-OH is 1. The lowest BCUT2D eigenvalue weighted by Crippen LogP contribution is -2.11. The molecule has 0 aromatic rings. The summed E-state index contributed by atoms with van der Waals surface area (Å²) in [6.45, 7) is 5.74. The summed E-state index contributed by atoms with van der Waals surface area (Å²) in [5, 5.41) is 17.0. The highest BCUT2D eigenvalue weighted by Crippen LogP contribution is 2.06. The third-order valence-corrected chi connectivity index (χ3v) is 1.25. The Labute approximate surface area is 80.0 Å². The molecule has 6 nitrogen and oxygen atoms in total. The van der Waals surface area contributed by atoms with Gasteiger partial charge < -0.3 is 9.84 Å². The summed E-state index contributed by atoms with van der Waals surface area (Å²) in [6, 6.07) is 0. The van der Waals surface area contributed by atoms with E-state index in [1.807, 2.05) is 0 Å². The normalized spacial score (nSPS) is 11.4. The van der Waals surface area contributed by atoms with E-state index < -0.39 is 23.5 Å². The van der Waals surface area contributed by atoms with E-state index in [9.17, 15) is 9.59 Å². The highest BCUT2D eigenvalue weighted by atomic mass is 17.1. The van der Waals surface area contributed by atoms with Crippen molar-refractivity contribution in [1.82, 2.24) is 0 Å². The fourth-order valence-electron chi connectivity index (χ4n) is 0.407. The Kier molecular flexibility index (Phi) is 4.37. The molecule has 0 aliphatic carbocycles. The van der Waals surface area contributed by atoms with E-state index in [0.717, 1.165) is 6.92 Å². The average Bonchev–Trinajstić information content (AvgIpc) is 2.14. The number of hydrogen-bond donors (Lipinski definition) is 2. The lowest BCUT2D eigenvalue weighted by molar-refractivity contribution is -0.229. The fraction of sp³-hybridized carbons (Fsp3) is 0.250. The summed E-state index contributed by atoms with van der Waals surface area (Å²) < 4.78 is 4.28. The third kappa shape index (κ3) is 3.28. The zero-order chi connectivity index (χ0) is 11.3. The molecule has 0 aromatic carbocycles. The Hall–Kier alpha value is -1.82. The van der Waals surface area contributed by atoms with Crippen molar-refractivity contribution in [3.8, 4) is 0 Å². The topological polar surface area (TPSA) is 93.1 Å². The van der Waals surface area contributed by atoms with Gasteiger partial charge in [-0.15, -0.1) is 0 Å². The summed E-state index contributed by atoms with van der Waals surface area (Å²) in [6.07, 6.45) is 0. The van der Waals surface area contributed by atoms with Gasteiger partial charge >= 0.3 is 11.9 Å².